The lowest BCUT2D eigenvalue weighted by Gasteiger charge is -2.23. The molecule has 7 heteroatoms. The smallest absolute Gasteiger partial charge is 0.257 e. The third-order valence-corrected chi connectivity index (χ3v) is 6.31. The average Bonchev–Trinajstić information content (AvgIpc) is 3.10. The van der Waals surface area contributed by atoms with Gasteiger partial charge in [0.25, 0.3) is 5.91 Å². The van der Waals surface area contributed by atoms with Crippen LogP contribution in [0.25, 0.3) is 0 Å². The van der Waals surface area contributed by atoms with Crippen molar-refractivity contribution in [2.45, 2.75) is 44.4 Å². The summed E-state index contributed by atoms with van der Waals surface area (Å²) in [5.41, 5.74) is 1.20. The number of carbonyl (C=O) groups is 2. The Labute approximate surface area is 161 Å². The highest BCUT2D eigenvalue weighted by molar-refractivity contribution is 7.16. The number of nitrogens with zero attached hydrogens (tertiary/aromatic N) is 2. The van der Waals surface area contributed by atoms with Gasteiger partial charge >= 0.3 is 0 Å². The van der Waals surface area contributed by atoms with E-state index in [2.05, 4.69) is 10.3 Å². The van der Waals surface area contributed by atoms with E-state index in [0.717, 1.165) is 49.3 Å². The van der Waals surface area contributed by atoms with Gasteiger partial charge in [0, 0.05) is 23.5 Å². The molecule has 1 aliphatic carbocycles. The predicted octanol–water partition coefficient (Wildman–Crippen LogP) is 3.97. The Balaban J connectivity index is 1.46. The first-order valence-electron chi connectivity index (χ1n) is 9.47. The van der Waals surface area contributed by atoms with Gasteiger partial charge in [-0.3, -0.25) is 14.9 Å². The third-order valence-electron chi connectivity index (χ3n) is 5.26. The van der Waals surface area contributed by atoms with E-state index in [0.29, 0.717) is 10.7 Å². The normalized spacial score (nSPS) is 19.4. The number of fused-ring (bicyclic) bond motifs is 1. The Bertz CT molecular complexity index is 841. The van der Waals surface area contributed by atoms with Crippen molar-refractivity contribution in [2.24, 2.45) is 0 Å². The minimum absolute atomic E-state index is 0.178. The van der Waals surface area contributed by atoms with E-state index in [9.17, 15) is 14.0 Å². The zero-order valence-corrected chi connectivity index (χ0v) is 15.9. The third kappa shape index (κ3) is 3.88. The van der Waals surface area contributed by atoms with Crippen LogP contribution in [-0.2, 0) is 11.2 Å². The number of hydrogen-bond acceptors (Lipinski definition) is 4. The lowest BCUT2D eigenvalue weighted by molar-refractivity contribution is -0.132. The van der Waals surface area contributed by atoms with Crippen LogP contribution in [0.15, 0.2) is 24.3 Å². The molecule has 2 heterocycles. The van der Waals surface area contributed by atoms with Gasteiger partial charge < -0.3 is 4.90 Å². The highest BCUT2D eigenvalue weighted by atomic mass is 32.1. The summed E-state index contributed by atoms with van der Waals surface area (Å²) in [6.07, 6.45) is 6.15. The lowest BCUT2D eigenvalue weighted by Crippen LogP contribution is -2.35. The first-order chi connectivity index (χ1) is 13.1. The quantitative estimate of drug-likeness (QED) is 0.867. The molecule has 1 aliphatic heterocycles. The number of thiazole rings is 1. The van der Waals surface area contributed by atoms with Gasteiger partial charge in [-0.05, 0) is 49.9 Å². The van der Waals surface area contributed by atoms with Gasteiger partial charge in [-0.25, -0.2) is 9.37 Å². The van der Waals surface area contributed by atoms with Gasteiger partial charge in [-0.2, -0.15) is 0 Å². The number of carbonyl (C=O) groups excluding carboxylic acids is 2. The van der Waals surface area contributed by atoms with Crippen molar-refractivity contribution in [2.75, 3.05) is 18.4 Å². The molecule has 1 unspecified atom stereocenters. The van der Waals surface area contributed by atoms with E-state index < -0.39 is 0 Å². The summed E-state index contributed by atoms with van der Waals surface area (Å²) in [5, 5.41) is 3.28. The summed E-state index contributed by atoms with van der Waals surface area (Å²) in [6.45, 7) is 1.67. The minimum Gasteiger partial charge on any atom is -0.342 e. The molecule has 4 rings (SSSR count). The fraction of sp³-hybridized carbons (Fsp3) is 0.450. The van der Waals surface area contributed by atoms with Crippen LogP contribution >= 0.6 is 11.3 Å². The molecular weight excluding hydrogens is 365 g/mol. The molecule has 27 heavy (non-hydrogen) atoms. The van der Waals surface area contributed by atoms with Gasteiger partial charge in [0.1, 0.15) is 5.82 Å². The number of anilines is 1. The SMILES string of the molecule is O=C(Nc1nc2c(s1)CCC2C(=O)N1CCCCCC1)c1ccc(F)cc1. The maximum absolute atomic E-state index is 13.0. The average molecular weight is 387 g/mol. The Morgan fingerprint density at radius 1 is 1.11 bits per heavy atom. The second-order valence-electron chi connectivity index (χ2n) is 7.12. The summed E-state index contributed by atoms with van der Waals surface area (Å²) in [5.74, 6) is -0.712. The standard InChI is InChI=1S/C20H22FN3O2S/c21-14-7-5-13(6-8-14)18(25)23-20-22-17-15(9-10-16(17)27-20)19(26)24-11-3-1-2-4-12-24/h5-8,15H,1-4,9-12H2,(H,22,23,25). The molecule has 5 nitrogen and oxygen atoms in total. The summed E-state index contributed by atoms with van der Waals surface area (Å²) >= 11 is 1.43. The second-order valence-corrected chi connectivity index (χ2v) is 8.20. The van der Waals surface area contributed by atoms with Crippen molar-refractivity contribution in [3.8, 4) is 0 Å². The van der Waals surface area contributed by atoms with Gasteiger partial charge in [0.15, 0.2) is 5.13 Å². The van der Waals surface area contributed by atoms with E-state index in [-0.39, 0.29) is 23.5 Å². The number of benzene rings is 1. The molecule has 1 atom stereocenters. The van der Waals surface area contributed by atoms with E-state index >= 15 is 0 Å². The van der Waals surface area contributed by atoms with Gasteiger partial charge in [0.05, 0.1) is 11.6 Å². The topological polar surface area (TPSA) is 62.3 Å². The molecule has 1 saturated heterocycles. The molecule has 0 spiro atoms. The number of nitrogens with one attached hydrogen (secondary N) is 1. The molecule has 1 aromatic carbocycles. The van der Waals surface area contributed by atoms with Gasteiger partial charge in [0.2, 0.25) is 5.91 Å². The minimum atomic E-state index is -0.380. The first kappa shape index (κ1) is 18.1. The maximum atomic E-state index is 13.0. The van der Waals surface area contributed by atoms with Crippen LogP contribution in [0.1, 0.15) is 59.0 Å². The van der Waals surface area contributed by atoms with Crippen molar-refractivity contribution in [1.82, 2.24) is 9.88 Å². The molecule has 0 bridgehead atoms. The number of likely N-dealkylation sites (tertiary alicyclic amines) is 1. The molecule has 0 saturated carbocycles. The number of aryl methyl sites for hydroxylation is 1. The van der Waals surface area contributed by atoms with E-state index in [1.54, 1.807) is 0 Å². The van der Waals surface area contributed by atoms with Crippen molar-refractivity contribution in [3.63, 3.8) is 0 Å². The van der Waals surface area contributed by atoms with Crippen molar-refractivity contribution in [3.05, 3.63) is 46.2 Å². The summed E-state index contributed by atoms with van der Waals surface area (Å²) in [4.78, 5) is 32.9. The Hall–Kier alpha value is -2.28. The van der Waals surface area contributed by atoms with Crippen molar-refractivity contribution < 1.29 is 14.0 Å². The molecule has 2 aliphatic rings. The Morgan fingerprint density at radius 3 is 2.52 bits per heavy atom. The molecule has 2 aromatic rings. The maximum Gasteiger partial charge on any atom is 0.257 e. The van der Waals surface area contributed by atoms with Crippen LogP contribution < -0.4 is 5.32 Å². The highest BCUT2D eigenvalue weighted by Gasteiger charge is 2.35. The van der Waals surface area contributed by atoms with E-state index in [4.69, 9.17) is 0 Å². The summed E-state index contributed by atoms with van der Waals surface area (Å²) < 4.78 is 13.0. The van der Waals surface area contributed by atoms with Crippen LogP contribution in [0.4, 0.5) is 9.52 Å². The molecule has 0 radical (unpaired) electrons. The monoisotopic (exact) mass is 387 g/mol. The molecule has 1 fully saturated rings. The van der Waals surface area contributed by atoms with Crippen molar-refractivity contribution in [1.29, 1.82) is 0 Å². The lowest BCUT2D eigenvalue weighted by atomic mass is 10.1. The largest absolute Gasteiger partial charge is 0.342 e. The number of aromatic nitrogens is 1. The van der Waals surface area contributed by atoms with E-state index in [1.807, 2.05) is 4.90 Å². The summed E-state index contributed by atoms with van der Waals surface area (Å²) in [6, 6.07) is 5.40. The predicted molar refractivity (Wildman–Crippen MR) is 103 cm³/mol. The number of hydrogen-bond donors (Lipinski definition) is 1. The van der Waals surface area contributed by atoms with Crippen LogP contribution in [0, 0.1) is 5.82 Å². The van der Waals surface area contributed by atoms with Gasteiger partial charge in [-0.1, -0.05) is 12.8 Å². The molecular formula is C20H22FN3O2S. The fourth-order valence-corrected chi connectivity index (χ4v) is 4.84. The van der Waals surface area contributed by atoms with Crippen LogP contribution in [0.2, 0.25) is 0 Å². The Kier molecular flexibility index (Phi) is 5.20. The second kappa shape index (κ2) is 7.76. The first-order valence-corrected chi connectivity index (χ1v) is 10.3. The molecule has 1 aromatic heterocycles. The van der Waals surface area contributed by atoms with Crippen LogP contribution in [0.3, 0.4) is 0 Å². The fourth-order valence-electron chi connectivity index (χ4n) is 3.80. The van der Waals surface area contributed by atoms with Crippen molar-refractivity contribution >= 4 is 28.3 Å². The van der Waals surface area contributed by atoms with Crippen LogP contribution in [-0.4, -0.2) is 34.8 Å². The molecule has 1 N–H and O–H groups in total. The zero-order chi connectivity index (χ0) is 18.8. The number of halogens is 1. The van der Waals surface area contributed by atoms with Gasteiger partial charge in [-0.15, -0.1) is 11.3 Å². The molecule has 2 amide bonds. The zero-order valence-electron chi connectivity index (χ0n) is 15.0. The molecule has 142 valence electrons. The summed E-state index contributed by atoms with van der Waals surface area (Å²) in [7, 11) is 0. The van der Waals surface area contributed by atoms with Crippen LogP contribution in [0.5, 0.6) is 0 Å². The number of amides is 2. The number of rotatable bonds is 3. The highest BCUT2D eigenvalue weighted by Crippen LogP contribution is 2.39. The van der Waals surface area contributed by atoms with E-state index in [1.165, 1.54) is 48.4 Å². The Morgan fingerprint density at radius 2 is 1.81 bits per heavy atom.